The van der Waals surface area contributed by atoms with Crippen LogP contribution in [0, 0.1) is 11.8 Å². The maximum Gasteiger partial charge on any atom is 0.407 e. The van der Waals surface area contributed by atoms with Gasteiger partial charge in [-0.25, -0.2) is 23.9 Å². The number of benzene rings is 2. The van der Waals surface area contributed by atoms with Gasteiger partial charge in [0.15, 0.2) is 0 Å². The molecule has 7 heterocycles. The average Bonchev–Trinajstić information content (AvgIpc) is 4.03. The molecule has 0 spiro atoms. The number of thiophene rings is 1. The van der Waals surface area contributed by atoms with E-state index in [-0.39, 0.29) is 42.7 Å². The normalized spacial score (nSPS) is 20.8. The van der Waals surface area contributed by atoms with Crippen molar-refractivity contribution in [3.05, 3.63) is 88.4 Å². The fourth-order valence-electron chi connectivity index (χ4n) is 9.97. The number of methoxy groups -OCH3 is 2. The lowest BCUT2D eigenvalue weighted by molar-refractivity contribution is -0.136. The Morgan fingerprint density at radius 3 is 2.04 bits per heavy atom. The lowest BCUT2D eigenvalue weighted by Crippen LogP contribution is -2.51. The van der Waals surface area contributed by atoms with Crippen LogP contribution in [-0.4, -0.2) is 104 Å². The number of carbonyl (C=O) groups is 4. The fourth-order valence-corrected chi connectivity index (χ4v) is 11.2. The number of halogens is 1. The minimum atomic E-state index is -1.25. The zero-order chi connectivity index (χ0) is 47.5. The molecule has 4 N–H and O–H groups in total. The summed E-state index contributed by atoms with van der Waals surface area (Å²) in [7, 11) is 2.53. The number of aromatic amines is 2. The van der Waals surface area contributed by atoms with E-state index in [1.807, 2.05) is 39.8 Å². The van der Waals surface area contributed by atoms with Gasteiger partial charge in [-0.05, 0) is 85.9 Å². The molecule has 1 saturated carbocycles. The molecule has 356 valence electrons. The van der Waals surface area contributed by atoms with Crippen molar-refractivity contribution >= 4 is 46.2 Å². The molecule has 18 heteroatoms. The van der Waals surface area contributed by atoms with Crippen LogP contribution in [0.1, 0.15) is 105 Å². The fraction of sp³-hybridized carbons (Fsp3) is 0.440. The lowest BCUT2D eigenvalue weighted by atomic mass is 10.0. The van der Waals surface area contributed by atoms with Crippen molar-refractivity contribution in [2.24, 2.45) is 11.8 Å². The first-order valence-corrected chi connectivity index (χ1v) is 24.2. The van der Waals surface area contributed by atoms with Gasteiger partial charge in [-0.1, -0.05) is 39.8 Å². The second kappa shape index (κ2) is 18.1. The van der Waals surface area contributed by atoms with Gasteiger partial charge in [0.2, 0.25) is 18.0 Å². The molecule has 1 unspecified atom stereocenters. The van der Waals surface area contributed by atoms with Crippen LogP contribution in [0.3, 0.4) is 0 Å². The number of aromatic nitrogens is 5. The summed E-state index contributed by atoms with van der Waals surface area (Å²) in [4.78, 5) is 74.0. The highest BCUT2D eigenvalue weighted by molar-refractivity contribution is 7.12. The summed E-state index contributed by atoms with van der Waals surface area (Å²) in [5.74, 6) is 1.53. The molecule has 6 atom stereocenters. The predicted molar refractivity (Wildman–Crippen MR) is 254 cm³/mol. The van der Waals surface area contributed by atoms with Crippen LogP contribution >= 0.6 is 11.3 Å². The topological polar surface area (TPSA) is 189 Å². The van der Waals surface area contributed by atoms with Crippen molar-refractivity contribution in [3.63, 3.8) is 0 Å². The third-order valence-electron chi connectivity index (χ3n) is 13.7. The molecule has 4 aliphatic rings. The zero-order valence-electron chi connectivity index (χ0n) is 38.9. The van der Waals surface area contributed by atoms with Crippen molar-refractivity contribution < 1.29 is 37.8 Å². The van der Waals surface area contributed by atoms with E-state index in [1.165, 1.54) is 36.8 Å². The maximum atomic E-state index is 15.1. The van der Waals surface area contributed by atoms with Gasteiger partial charge in [-0.15, -0.1) is 11.3 Å². The van der Waals surface area contributed by atoms with E-state index in [0.29, 0.717) is 24.1 Å². The average molecular weight is 946 g/mol. The monoisotopic (exact) mass is 945 g/mol. The lowest BCUT2D eigenvalue weighted by Gasteiger charge is -2.30. The molecule has 0 bridgehead atoms. The number of amides is 4. The highest BCUT2D eigenvalue weighted by Crippen LogP contribution is 2.49. The standard InChI is InChI=1S/C50H56FN9O7S/c1-25(2)42(56-49(63)65-5)46(61)58-17-7-8-36(58)44-52-23-34(54-44)29-11-13-32-37-19-30-18-28(12-14-35(30)60(37)48(67-39(32)20-29)41-16-15-40(68-41)27-9-10-27)33-22-53-45(55-33)38-21-31(51)24-59(38)47(62)43(26(3)4)57-50(64)66-6/h11-16,18-20,22-23,25-27,31,36,38,42-43,48H,7-10,17,21,24H2,1-6H3,(H,52,54)(H,53,55)(H,56,63)(H,57,64)/t31-,36-,38-,42-,43-,48?/m0/s1. The number of nitrogens with zero attached hydrogens (tertiary/aromatic N) is 5. The summed E-state index contributed by atoms with van der Waals surface area (Å²) in [6.07, 6.45) is 4.50. The van der Waals surface area contributed by atoms with Crippen LogP contribution < -0.4 is 15.4 Å². The van der Waals surface area contributed by atoms with E-state index in [4.69, 9.17) is 19.2 Å². The summed E-state index contributed by atoms with van der Waals surface area (Å²) in [6.45, 7) is 7.89. The van der Waals surface area contributed by atoms with Crippen molar-refractivity contribution in [1.82, 2.24) is 44.9 Å². The number of nitrogens with one attached hydrogen (secondary N) is 4. The molecule has 16 nitrogen and oxygen atoms in total. The predicted octanol–water partition coefficient (Wildman–Crippen LogP) is 9.00. The van der Waals surface area contributed by atoms with Gasteiger partial charge in [-0.3, -0.25) is 14.2 Å². The number of alkyl carbamates (subject to hydrolysis) is 2. The first-order valence-electron chi connectivity index (χ1n) is 23.4. The second-order valence-corrected chi connectivity index (χ2v) is 20.1. The number of likely N-dealkylation sites (tertiary alicyclic amines) is 2. The molecule has 10 rings (SSSR count). The molecule has 68 heavy (non-hydrogen) atoms. The first-order chi connectivity index (χ1) is 32.8. The molecule has 3 aliphatic heterocycles. The van der Waals surface area contributed by atoms with Crippen LogP contribution in [0.15, 0.2) is 67.0 Å². The SMILES string of the molecule is COC(=O)N[C@H](C(=O)N1CCC[C@H]1c1ncc(-c2ccc3c(c2)OC(c2ccc(C4CC4)s2)n2c-3cc3cc(-c4cnc([C@@H]5C[C@H](F)CN5C(=O)[C@@H](NC(=O)OC)C(C)C)[nH]4)ccc32)[nH]1)C(C)C. The van der Waals surface area contributed by atoms with E-state index >= 15 is 4.39 Å². The summed E-state index contributed by atoms with van der Waals surface area (Å²) in [5, 5.41) is 6.33. The van der Waals surface area contributed by atoms with Crippen LogP contribution in [0.5, 0.6) is 5.75 Å². The quantitative estimate of drug-likeness (QED) is 0.0928. The van der Waals surface area contributed by atoms with Crippen molar-refractivity contribution in [2.75, 3.05) is 27.3 Å². The second-order valence-electron chi connectivity index (χ2n) is 19.0. The van der Waals surface area contributed by atoms with Crippen molar-refractivity contribution in [3.8, 4) is 39.5 Å². The Bertz CT molecular complexity index is 2900. The smallest absolute Gasteiger partial charge is 0.407 e. The minimum absolute atomic E-state index is 0.0822. The number of ether oxygens (including phenoxy) is 3. The molecule has 3 fully saturated rings. The molecule has 0 radical (unpaired) electrons. The number of carbonyl (C=O) groups excluding carboxylic acids is 4. The van der Waals surface area contributed by atoms with Gasteiger partial charge in [0, 0.05) is 39.9 Å². The number of fused-ring (bicyclic) bond motifs is 5. The summed E-state index contributed by atoms with van der Waals surface area (Å²) in [6, 6.07) is 16.5. The molecule has 4 aromatic heterocycles. The van der Waals surface area contributed by atoms with E-state index in [2.05, 4.69) is 72.6 Å². The van der Waals surface area contributed by atoms with Crippen molar-refractivity contribution in [1.29, 1.82) is 0 Å². The van der Waals surface area contributed by atoms with E-state index < -0.39 is 42.7 Å². The Morgan fingerprint density at radius 1 is 0.779 bits per heavy atom. The van der Waals surface area contributed by atoms with Gasteiger partial charge >= 0.3 is 12.2 Å². The number of rotatable bonds is 12. The van der Waals surface area contributed by atoms with Gasteiger partial charge in [-0.2, -0.15) is 0 Å². The number of alkyl halides is 1. The van der Waals surface area contributed by atoms with Crippen LogP contribution in [0.4, 0.5) is 14.0 Å². The molecular formula is C50H56FN9O7S. The Hall–Kier alpha value is -6.69. The van der Waals surface area contributed by atoms with Crippen molar-refractivity contribution in [2.45, 2.75) is 102 Å². The summed E-state index contributed by atoms with van der Waals surface area (Å²) < 4.78 is 34.0. The van der Waals surface area contributed by atoms with Crippen LogP contribution in [0.25, 0.3) is 44.7 Å². The molecule has 1 aliphatic carbocycles. The zero-order valence-corrected chi connectivity index (χ0v) is 39.7. The van der Waals surface area contributed by atoms with E-state index in [1.54, 1.807) is 28.6 Å². The maximum absolute atomic E-state index is 15.1. The molecule has 4 amide bonds. The molecule has 2 saturated heterocycles. The summed E-state index contributed by atoms with van der Waals surface area (Å²) >= 11 is 1.79. The Balaban J connectivity index is 0.951. The van der Waals surface area contributed by atoms with Gasteiger partial charge in [0.05, 0.1) is 72.7 Å². The third-order valence-corrected chi connectivity index (χ3v) is 15.0. The minimum Gasteiger partial charge on any atom is -0.464 e. The summed E-state index contributed by atoms with van der Waals surface area (Å²) in [5.41, 5.74) is 6.20. The largest absolute Gasteiger partial charge is 0.464 e. The highest BCUT2D eigenvalue weighted by atomic mass is 32.1. The van der Waals surface area contributed by atoms with Crippen LogP contribution in [0.2, 0.25) is 0 Å². The highest BCUT2D eigenvalue weighted by Gasteiger charge is 2.42. The van der Waals surface area contributed by atoms with E-state index in [0.717, 1.165) is 68.1 Å². The number of hydrogen-bond donors (Lipinski definition) is 4. The van der Waals surface area contributed by atoms with Gasteiger partial charge in [0.1, 0.15) is 35.7 Å². The number of H-pyrrole nitrogens is 2. The number of imidazole rings is 2. The van der Waals surface area contributed by atoms with Gasteiger partial charge < -0.3 is 44.6 Å². The Labute approximate surface area is 396 Å². The van der Waals surface area contributed by atoms with Gasteiger partial charge in [0.25, 0.3) is 0 Å². The Morgan fingerprint density at radius 2 is 1.40 bits per heavy atom. The molecular weight excluding hydrogens is 890 g/mol. The molecule has 6 aromatic rings. The number of hydrogen-bond acceptors (Lipinski definition) is 10. The van der Waals surface area contributed by atoms with E-state index in [9.17, 15) is 19.2 Å². The Kier molecular flexibility index (Phi) is 12.0. The van der Waals surface area contributed by atoms with Crippen LogP contribution in [-0.2, 0) is 19.1 Å². The first kappa shape index (κ1) is 45.1. The molecule has 2 aromatic carbocycles. The third kappa shape index (κ3) is 8.36.